The summed E-state index contributed by atoms with van der Waals surface area (Å²) >= 11 is 3.06. The van der Waals surface area contributed by atoms with Crippen LogP contribution in [0.15, 0.2) is 30.3 Å². The molecule has 0 spiro atoms. The zero-order valence-electron chi connectivity index (χ0n) is 11.0. The van der Waals surface area contributed by atoms with Gasteiger partial charge in [0.2, 0.25) is 5.91 Å². The number of hydrogen-bond donors (Lipinski definition) is 1. The summed E-state index contributed by atoms with van der Waals surface area (Å²) in [5, 5.41) is 9.04. The lowest BCUT2D eigenvalue weighted by Crippen LogP contribution is -2.42. The molecule has 0 radical (unpaired) electrons. The number of benzene rings is 1. The molecule has 4 nitrogen and oxygen atoms in total. The molecule has 1 N–H and O–H groups in total. The summed E-state index contributed by atoms with van der Waals surface area (Å²) in [6, 6.07) is 9.48. The molecule has 1 aromatic rings. The lowest BCUT2D eigenvalue weighted by molar-refractivity contribution is -0.146. The largest absolute Gasteiger partial charge is 0.480 e. The van der Waals surface area contributed by atoms with Crippen LogP contribution in [0, 0.1) is 0 Å². The monoisotopic (exact) mass is 311 g/mol. The standard InChI is InChI=1S/C14H17NO3S2/c16-13(15-10-20-8-12(15)14(17)18)9-19-7-6-11-4-2-1-3-5-11/h1-5,12H,6-10H2,(H,17,18)/t12-/m0/s1. The van der Waals surface area contributed by atoms with Crippen LogP contribution in [-0.4, -0.2) is 51.1 Å². The summed E-state index contributed by atoms with van der Waals surface area (Å²) in [6.07, 6.45) is 0.926. The third-order valence-corrected chi connectivity index (χ3v) is 5.05. The van der Waals surface area contributed by atoms with Gasteiger partial charge in [0.15, 0.2) is 0 Å². The summed E-state index contributed by atoms with van der Waals surface area (Å²) < 4.78 is 0. The van der Waals surface area contributed by atoms with Crippen LogP contribution in [0.5, 0.6) is 0 Å². The van der Waals surface area contributed by atoms with E-state index >= 15 is 0 Å². The average Bonchev–Trinajstić information content (AvgIpc) is 2.94. The van der Waals surface area contributed by atoms with Gasteiger partial charge in [0.05, 0.1) is 11.6 Å². The van der Waals surface area contributed by atoms with Gasteiger partial charge < -0.3 is 10.0 Å². The molecule has 1 aliphatic rings. The van der Waals surface area contributed by atoms with Crippen molar-refractivity contribution in [3.8, 4) is 0 Å². The molecule has 1 fully saturated rings. The molecule has 0 saturated carbocycles. The number of hydrogen-bond acceptors (Lipinski definition) is 4. The Balaban J connectivity index is 1.71. The molecule has 0 unspecified atom stereocenters. The van der Waals surface area contributed by atoms with Crippen LogP contribution in [0.3, 0.4) is 0 Å². The van der Waals surface area contributed by atoms with Gasteiger partial charge in [-0.2, -0.15) is 11.8 Å². The van der Waals surface area contributed by atoms with E-state index in [1.54, 1.807) is 11.8 Å². The Morgan fingerprint density at radius 2 is 2.10 bits per heavy atom. The van der Waals surface area contributed by atoms with E-state index in [0.717, 1.165) is 12.2 Å². The van der Waals surface area contributed by atoms with Crippen molar-refractivity contribution < 1.29 is 14.7 Å². The van der Waals surface area contributed by atoms with Crippen LogP contribution in [0.2, 0.25) is 0 Å². The number of thioether (sulfide) groups is 2. The zero-order valence-corrected chi connectivity index (χ0v) is 12.7. The summed E-state index contributed by atoms with van der Waals surface area (Å²) in [7, 11) is 0. The first-order valence-corrected chi connectivity index (χ1v) is 8.71. The minimum Gasteiger partial charge on any atom is -0.480 e. The van der Waals surface area contributed by atoms with Crippen molar-refractivity contribution in [1.29, 1.82) is 0 Å². The van der Waals surface area contributed by atoms with Crippen LogP contribution >= 0.6 is 23.5 Å². The molecule has 1 heterocycles. The average molecular weight is 311 g/mol. The van der Waals surface area contributed by atoms with Crippen LogP contribution in [0.1, 0.15) is 5.56 Å². The van der Waals surface area contributed by atoms with E-state index in [1.165, 1.54) is 22.2 Å². The Bertz CT molecular complexity index is 467. The summed E-state index contributed by atoms with van der Waals surface area (Å²) in [4.78, 5) is 24.5. The highest BCUT2D eigenvalue weighted by Crippen LogP contribution is 2.22. The number of aliphatic carboxylic acids is 1. The van der Waals surface area contributed by atoms with Crippen LogP contribution < -0.4 is 0 Å². The maximum atomic E-state index is 12.0. The summed E-state index contributed by atoms with van der Waals surface area (Å²) in [5.41, 5.74) is 1.26. The zero-order chi connectivity index (χ0) is 14.4. The van der Waals surface area contributed by atoms with Crippen molar-refractivity contribution in [2.45, 2.75) is 12.5 Å². The number of nitrogens with zero attached hydrogens (tertiary/aromatic N) is 1. The summed E-state index contributed by atoms with van der Waals surface area (Å²) in [6.45, 7) is 0. The Labute approximate surface area is 126 Å². The van der Waals surface area contributed by atoms with E-state index < -0.39 is 12.0 Å². The molecule has 108 valence electrons. The highest BCUT2D eigenvalue weighted by Gasteiger charge is 2.34. The highest BCUT2D eigenvalue weighted by molar-refractivity contribution is 8.00. The molecule has 0 bridgehead atoms. The normalized spacial score (nSPS) is 18.2. The van der Waals surface area contributed by atoms with Gasteiger partial charge >= 0.3 is 5.97 Å². The van der Waals surface area contributed by atoms with E-state index in [4.69, 9.17) is 5.11 Å². The number of carboxylic acid groups (broad SMARTS) is 1. The van der Waals surface area contributed by atoms with Gasteiger partial charge in [-0.25, -0.2) is 4.79 Å². The van der Waals surface area contributed by atoms with Gasteiger partial charge in [0.25, 0.3) is 0 Å². The van der Waals surface area contributed by atoms with Crippen molar-refractivity contribution in [2.24, 2.45) is 0 Å². The lowest BCUT2D eigenvalue weighted by atomic mass is 10.2. The summed E-state index contributed by atoms with van der Waals surface area (Å²) in [5.74, 6) is 1.24. The first kappa shape index (κ1) is 15.3. The van der Waals surface area contributed by atoms with Crippen LogP contribution in [-0.2, 0) is 16.0 Å². The van der Waals surface area contributed by atoms with E-state index in [1.807, 2.05) is 18.2 Å². The molecular formula is C14H17NO3S2. The molecule has 0 aromatic heterocycles. The second-order valence-corrected chi connectivity index (χ2v) is 6.61. The van der Waals surface area contributed by atoms with Crippen molar-refractivity contribution in [3.05, 3.63) is 35.9 Å². The fourth-order valence-electron chi connectivity index (χ4n) is 1.97. The smallest absolute Gasteiger partial charge is 0.327 e. The quantitative estimate of drug-likeness (QED) is 0.814. The van der Waals surface area contributed by atoms with E-state index in [-0.39, 0.29) is 5.91 Å². The molecule has 1 aromatic carbocycles. The third-order valence-electron chi connectivity index (χ3n) is 3.09. The van der Waals surface area contributed by atoms with Gasteiger partial charge in [-0.15, -0.1) is 11.8 Å². The van der Waals surface area contributed by atoms with Crippen molar-refractivity contribution in [3.63, 3.8) is 0 Å². The SMILES string of the molecule is O=C(O)[C@@H]1CSCN1C(=O)CSCCc1ccccc1. The molecule has 2 rings (SSSR count). The molecule has 1 saturated heterocycles. The number of rotatable bonds is 6. The van der Waals surface area contributed by atoms with Gasteiger partial charge in [0, 0.05) is 5.75 Å². The predicted octanol–water partition coefficient (Wildman–Crippen LogP) is 1.95. The second-order valence-electron chi connectivity index (χ2n) is 4.51. The minimum absolute atomic E-state index is 0.0690. The van der Waals surface area contributed by atoms with Crippen molar-refractivity contribution >= 4 is 35.4 Å². The Morgan fingerprint density at radius 1 is 1.35 bits per heavy atom. The van der Waals surface area contributed by atoms with Crippen LogP contribution in [0.4, 0.5) is 0 Å². The molecule has 1 amide bonds. The maximum absolute atomic E-state index is 12.0. The predicted molar refractivity (Wildman–Crippen MR) is 83.1 cm³/mol. The second kappa shape index (κ2) is 7.59. The number of amides is 1. The Morgan fingerprint density at radius 3 is 2.80 bits per heavy atom. The van der Waals surface area contributed by atoms with E-state index in [0.29, 0.717) is 17.4 Å². The van der Waals surface area contributed by atoms with Crippen LogP contribution in [0.25, 0.3) is 0 Å². The first-order valence-electron chi connectivity index (χ1n) is 6.40. The van der Waals surface area contributed by atoms with Gasteiger partial charge in [-0.05, 0) is 17.7 Å². The molecule has 6 heteroatoms. The highest BCUT2D eigenvalue weighted by atomic mass is 32.2. The number of aryl methyl sites for hydroxylation is 1. The van der Waals surface area contributed by atoms with Crippen molar-refractivity contribution in [1.82, 2.24) is 4.90 Å². The van der Waals surface area contributed by atoms with E-state index in [9.17, 15) is 9.59 Å². The number of carboxylic acids is 1. The molecule has 1 aliphatic heterocycles. The number of carbonyl (C=O) groups excluding carboxylic acids is 1. The topological polar surface area (TPSA) is 57.6 Å². The van der Waals surface area contributed by atoms with Gasteiger partial charge in [-0.3, -0.25) is 4.79 Å². The number of carbonyl (C=O) groups is 2. The minimum atomic E-state index is -0.905. The fraction of sp³-hybridized carbons (Fsp3) is 0.429. The molecule has 1 atom stereocenters. The third kappa shape index (κ3) is 4.18. The fourth-order valence-corrected chi connectivity index (χ4v) is 4.01. The van der Waals surface area contributed by atoms with Crippen molar-refractivity contribution in [2.75, 3.05) is 23.1 Å². The molecular weight excluding hydrogens is 294 g/mol. The Hall–Kier alpha value is -1.14. The first-order chi connectivity index (χ1) is 9.68. The molecule has 20 heavy (non-hydrogen) atoms. The van der Waals surface area contributed by atoms with E-state index in [2.05, 4.69) is 12.1 Å². The Kier molecular flexibility index (Phi) is 5.79. The lowest BCUT2D eigenvalue weighted by Gasteiger charge is -2.20. The maximum Gasteiger partial charge on any atom is 0.327 e. The molecule has 0 aliphatic carbocycles. The van der Waals surface area contributed by atoms with Gasteiger partial charge in [0.1, 0.15) is 6.04 Å². The van der Waals surface area contributed by atoms with Gasteiger partial charge in [-0.1, -0.05) is 30.3 Å².